The average Bonchev–Trinajstić information content (AvgIpc) is 2.70. The van der Waals surface area contributed by atoms with Gasteiger partial charge in [-0.15, -0.1) is 0 Å². The van der Waals surface area contributed by atoms with Crippen molar-refractivity contribution < 1.29 is 4.74 Å². The number of nitrogens with two attached hydrogens (primary N) is 1. The quantitative estimate of drug-likeness (QED) is 0.815. The van der Waals surface area contributed by atoms with Crippen LogP contribution in [0.5, 0.6) is 0 Å². The topological polar surface area (TPSA) is 35.2 Å². The predicted octanol–water partition coefficient (Wildman–Crippen LogP) is 2.30. The van der Waals surface area contributed by atoms with Crippen LogP contribution in [0.15, 0.2) is 18.2 Å². The summed E-state index contributed by atoms with van der Waals surface area (Å²) in [6.45, 7) is 2.18. The predicted molar refractivity (Wildman–Crippen MR) is 57.5 cm³/mol. The molecule has 1 aromatic carbocycles. The second kappa shape index (κ2) is 4.30. The molecule has 1 aliphatic heterocycles. The van der Waals surface area contributed by atoms with Gasteiger partial charge in [-0.1, -0.05) is 23.7 Å². The molecule has 14 heavy (non-hydrogen) atoms. The molecule has 2 rings (SSSR count). The molecular formula is C11H14ClNO. The lowest BCUT2D eigenvalue weighted by molar-refractivity contribution is 0.194. The van der Waals surface area contributed by atoms with E-state index in [0.717, 1.165) is 30.2 Å². The normalized spacial score (nSPS) is 21.4. The largest absolute Gasteiger partial charge is 0.381 e. The molecule has 1 fully saturated rings. The minimum Gasteiger partial charge on any atom is -0.381 e. The molecule has 0 aromatic heterocycles. The fourth-order valence-corrected chi connectivity index (χ4v) is 2.17. The Morgan fingerprint density at radius 1 is 1.50 bits per heavy atom. The van der Waals surface area contributed by atoms with Gasteiger partial charge in [0.1, 0.15) is 0 Å². The zero-order valence-electron chi connectivity index (χ0n) is 8.00. The first kappa shape index (κ1) is 9.97. The van der Waals surface area contributed by atoms with Crippen molar-refractivity contribution in [1.29, 1.82) is 0 Å². The van der Waals surface area contributed by atoms with Gasteiger partial charge in [0.05, 0.1) is 6.61 Å². The van der Waals surface area contributed by atoms with Crippen molar-refractivity contribution in [3.63, 3.8) is 0 Å². The molecule has 0 amide bonds. The van der Waals surface area contributed by atoms with E-state index < -0.39 is 0 Å². The Bertz CT molecular complexity index is 321. The van der Waals surface area contributed by atoms with Gasteiger partial charge in [-0.3, -0.25) is 0 Å². The van der Waals surface area contributed by atoms with E-state index in [4.69, 9.17) is 22.1 Å². The minimum atomic E-state index is 0.467. The Morgan fingerprint density at radius 3 is 2.93 bits per heavy atom. The first-order valence-corrected chi connectivity index (χ1v) is 5.25. The smallest absolute Gasteiger partial charge is 0.0536 e. The van der Waals surface area contributed by atoms with E-state index >= 15 is 0 Å². The summed E-state index contributed by atoms with van der Waals surface area (Å²) in [5.74, 6) is 0.467. The molecule has 1 aliphatic rings. The summed E-state index contributed by atoms with van der Waals surface area (Å²) in [5, 5.41) is 0.823. The lowest BCUT2D eigenvalue weighted by Crippen LogP contribution is -2.01. The van der Waals surface area contributed by atoms with Crippen molar-refractivity contribution >= 4 is 11.6 Å². The van der Waals surface area contributed by atoms with Crippen LogP contribution >= 0.6 is 11.6 Å². The zero-order valence-corrected chi connectivity index (χ0v) is 8.76. The maximum absolute atomic E-state index is 6.18. The molecule has 3 heteroatoms. The number of rotatable bonds is 2. The second-order valence-corrected chi connectivity index (χ2v) is 4.03. The third-order valence-electron chi connectivity index (χ3n) is 2.67. The Labute approximate surface area is 89.0 Å². The molecule has 1 heterocycles. The van der Waals surface area contributed by atoms with Crippen LogP contribution in [0.3, 0.4) is 0 Å². The van der Waals surface area contributed by atoms with Crippen LogP contribution in [0.25, 0.3) is 0 Å². The van der Waals surface area contributed by atoms with E-state index in [0.29, 0.717) is 12.5 Å². The first-order valence-electron chi connectivity index (χ1n) is 4.87. The van der Waals surface area contributed by atoms with Crippen LogP contribution in [0, 0.1) is 0 Å². The molecule has 0 aliphatic carbocycles. The van der Waals surface area contributed by atoms with Crippen molar-refractivity contribution in [2.45, 2.75) is 18.9 Å². The van der Waals surface area contributed by atoms with Crippen molar-refractivity contribution in [1.82, 2.24) is 0 Å². The highest BCUT2D eigenvalue weighted by Gasteiger charge is 2.19. The van der Waals surface area contributed by atoms with Crippen molar-refractivity contribution in [3.8, 4) is 0 Å². The molecular weight excluding hydrogens is 198 g/mol. The summed E-state index contributed by atoms with van der Waals surface area (Å²) in [6, 6.07) is 6.07. The van der Waals surface area contributed by atoms with Gasteiger partial charge in [-0.05, 0) is 23.6 Å². The summed E-state index contributed by atoms with van der Waals surface area (Å²) < 4.78 is 5.34. The highest BCUT2D eigenvalue weighted by molar-refractivity contribution is 6.31. The molecule has 1 saturated heterocycles. The van der Waals surface area contributed by atoms with Crippen molar-refractivity contribution in [3.05, 3.63) is 34.3 Å². The Hall–Kier alpha value is -0.570. The molecule has 1 aromatic rings. The average molecular weight is 212 g/mol. The van der Waals surface area contributed by atoms with Gasteiger partial charge in [0.15, 0.2) is 0 Å². The number of benzene rings is 1. The van der Waals surface area contributed by atoms with E-state index in [2.05, 4.69) is 6.07 Å². The molecule has 76 valence electrons. The molecule has 2 N–H and O–H groups in total. The van der Waals surface area contributed by atoms with Gasteiger partial charge >= 0.3 is 0 Å². The summed E-state index contributed by atoms with van der Waals surface area (Å²) in [7, 11) is 0. The van der Waals surface area contributed by atoms with Gasteiger partial charge < -0.3 is 10.5 Å². The third-order valence-corrected chi connectivity index (χ3v) is 3.00. The van der Waals surface area contributed by atoms with Crippen LogP contribution in [0.4, 0.5) is 0 Å². The van der Waals surface area contributed by atoms with Gasteiger partial charge in [0.25, 0.3) is 0 Å². The summed E-state index contributed by atoms with van der Waals surface area (Å²) in [5.41, 5.74) is 7.82. The van der Waals surface area contributed by atoms with Gasteiger partial charge in [-0.25, -0.2) is 0 Å². The highest BCUT2D eigenvalue weighted by Crippen LogP contribution is 2.31. The van der Waals surface area contributed by atoms with E-state index in [1.165, 1.54) is 5.56 Å². The third kappa shape index (κ3) is 1.92. The molecule has 0 bridgehead atoms. The maximum Gasteiger partial charge on any atom is 0.0536 e. The summed E-state index contributed by atoms with van der Waals surface area (Å²) in [6.07, 6.45) is 1.07. The van der Waals surface area contributed by atoms with E-state index in [1.807, 2.05) is 12.1 Å². The molecule has 1 unspecified atom stereocenters. The lowest BCUT2D eigenvalue weighted by Gasteiger charge is -2.11. The number of halogens is 1. The van der Waals surface area contributed by atoms with Gasteiger partial charge in [-0.2, -0.15) is 0 Å². The van der Waals surface area contributed by atoms with E-state index in [1.54, 1.807) is 0 Å². The molecule has 0 saturated carbocycles. The molecule has 0 radical (unpaired) electrons. The Balaban J connectivity index is 2.25. The van der Waals surface area contributed by atoms with E-state index in [-0.39, 0.29) is 0 Å². The van der Waals surface area contributed by atoms with Crippen molar-refractivity contribution in [2.75, 3.05) is 13.2 Å². The Morgan fingerprint density at radius 2 is 2.36 bits per heavy atom. The number of ether oxygens (including phenoxy) is 1. The van der Waals surface area contributed by atoms with Gasteiger partial charge in [0.2, 0.25) is 0 Å². The van der Waals surface area contributed by atoms with Crippen LogP contribution in [-0.2, 0) is 11.3 Å². The van der Waals surface area contributed by atoms with Crippen LogP contribution < -0.4 is 5.73 Å². The van der Waals surface area contributed by atoms with Crippen LogP contribution in [-0.4, -0.2) is 13.2 Å². The fraction of sp³-hybridized carbons (Fsp3) is 0.455. The second-order valence-electron chi connectivity index (χ2n) is 3.62. The lowest BCUT2D eigenvalue weighted by atomic mass is 9.97. The van der Waals surface area contributed by atoms with Crippen LogP contribution in [0.2, 0.25) is 5.02 Å². The first-order chi connectivity index (χ1) is 6.81. The monoisotopic (exact) mass is 211 g/mol. The number of hydrogen-bond acceptors (Lipinski definition) is 2. The Kier molecular flexibility index (Phi) is 3.06. The molecule has 2 nitrogen and oxygen atoms in total. The summed E-state index contributed by atoms with van der Waals surface area (Å²) >= 11 is 6.18. The number of hydrogen-bond donors (Lipinski definition) is 1. The summed E-state index contributed by atoms with van der Waals surface area (Å²) in [4.78, 5) is 0. The molecule has 0 spiro atoms. The zero-order chi connectivity index (χ0) is 9.97. The highest BCUT2D eigenvalue weighted by atomic mass is 35.5. The molecule has 1 atom stereocenters. The van der Waals surface area contributed by atoms with E-state index in [9.17, 15) is 0 Å². The standard InChI is InChI=1S/C11H14ClNO/c12-11-5-8(6-13)1-2-10(11)9-3-4-14-7-9/h1-2,5,9H,3-4,6-7,13H2. The SMILES string of the molecule is NCc1ccc(C2CCOC2)c(Cl)c1. The van der Waals surface area contributed by atoms with Gasteiger partial charge in [0, 0.05) is 24.1 Å². The van der Waals surface area contributed by atoms with Crippen molar-refractivity contribution in [2.24, 2.45) is 5.73 Å². The minimum absolute atomic E-state index is 0.467. The van der Waals surface area contributed by atoms with Crippen LogP contribution in [0.1, 0.15) is 23.5 Å². The fourth-order valence-electron chi connectivity index (χ4n) is 1.81. The maximum atomic E-state index is 6.18.